The van der Waals surface area contributed by atoms with E-state index in [9.17, 15) is 9.59 Å². The van der Waals surface area contributed by atoms with Crippen molar-refractivity contribution in [1.82, 2.24) is 19.7 Å². The molecule has 3 rings (SSSR count). The molecular weight excluding hydrogens is 322 g/mol. The molecule has 1 aliphatic heterocycles. The Balaban J connectivity index is 1.79. The van der Waals surface area contributed by atoms with Crippen LogP contribution in [0, 0.1) is 19.8 Å². The molecule has 1 atom stereocenters. The topological polar surface area (TPSA) is 100 Å². The second-order valence-electron chi connectivity index (χ2n) is 6.33. The lowest BCUT2D eigenvalue weighted by Gasteiger charge is -2.30. The van der Waals surface area contributed by atoms with Gasteiger partial charge in [-0.05, 0) is 44.4 Å². The molecule has 0 bridgehead atoms. The largest absolute Gasteiger partial charge is 0.481 e. The van der Waals surface area contributed by atoms with Crippen LogP contribution in [0.4, 0.5) is 10.6 Å². The Kier molecular flexibility index (Phi) is 4.69. The molecule has 1 aliphatic rings. The number of pyridine rings is 1. The molecule has 0 radical (unpaired) electrons. The van der Waals surface area contributed by atoms with Gasteiger partial charge in [0.1, 0.15) is 5.82 Å². The molecule has 0 saturated carbocycles. The van der Waals surface area contributed by atoms with Crippen LogP contribution in [0.3, 0.4) is 0 Å². The summed E-state index contributed by atoms with van der Waals surface area (Å²) in [7, 11) is 0. The maximum Gasteiger partial charge on any atom is 0.323 e. The van der Waals surface area contributed by atoms with Gasteiger partial charge in [-0.2, -0.15) is 9.78 Å². The quantitative estimate of drug-likeness (QED) is 0.890. The zero-order valence-corrected chi connectivity index (χ0v) is 14.3. The van der Waals surface area contributed by atoms with Crippen LogP contribution in [-0.4, -0.2) is 49.9 Å². The predicted octanol–water partition coefficient (Wildman–Crippen LogP) is 2.21. The van der Waals surface area contributed by atoms with E-state index in [1.807, 2.05) is 26.0 Å². The normalized spacial score (nSPS) is 17.4. The molecular formula is C17H21N5O3. The molecule has 0 aromatic carbocycles. The Morgan fingerprint density at radius 3 is 2.84 bits per heavy atom. The number of aliphatic carboxylic acids is 1. The number of hydrogen-bond donors (Lipinski definition) is 2. The van der Waals surface area contributed by atoms with Crippen molar-refractivity contribution in [3.8, 4) is 5.82 Å². The molecule has 1 saturated heterocycles. The highest BCUT2D eigenvalue weighted by Crippen LogP contribution is 2.20. The van der Waals surface area contributed by atoms with Crippen molar-refractivity contribution in [3.63, 3.8) is 0 Å². The van der Waals surface area contributed by atoms with E-state index in [2.05, 4.69) is 15.4 Å². The molecule has 3 heterocycles. The maximum absolute atomic E-state index is 12.6. The summed E-state index contributed by atoms with van der Waals surface area (Å²) < 4.78 is 1.58. The lowest BCUT2D eigenvalue weighted by molar-refractivity contribution is -0.143. The third kappa shape index (κ3) is 3.78. The van der Waals surface area contributed by atoms with Gasteiger partial charge in [0.15, 0.2) is 5.82 Å². The zero-order chi connectivity index (χ0) is 18.0. The van der Waals surface area contributed by atoms with Gasteiger partial charge in [-0.25, -0.2) is 9.78 Å². The summed E-state index contributed by atoms with van der Waals surface area (Å²) in [5.41, 5.74) is 1.79. The van der Waals surface area contributed by atoms with Gasteiger partial charge in [0.05, 0.1) is 11.6 Å². The van der Waals surface area contributed by atoms with Crippen LogP contribution in [0.5, 0.6) is 0 Å². The second-order valence-corrected chi connectivity index (χ2v) is 6.33. The molecule has 2 amide bonds. The zero-order valence-electron chi connectivity index (χ0n) is 14.3. The van der Waals surface area contributed by atoms with Gasteiger partial charge in [0, 0.05) is 25.4 Å². The standard InChI is InChI=1S/C17H21N5O3/c1-11-5-6-18-14(8-11)22-15(9-12(2)20-22)19-17(25)21-7-3-4-13(10-21)16(23)24/h5-6,8-9,13H,3-4,7,10H2,1-2H3,(H,19,25)(H,23,24). The first-order valence-electron chi connectivity index (χ1n) is 8.22. The highest BCUT2D eigenvalue weighted by molar-refractivity contribution is 5.89. The van der Waals surface area contributed by atoms with Crippen LogP contribution in [0.1, 0.15) is 24.1 Å². The van der Waals surface area contributed by atoms with E-state index in [4.69, 9.17) is 5.11 Å². The van der Waals surface area contributed by atoms with E-state index >= 15 is 0 Å². The molecule has 8 nitrogen and oxygen atoms in total. The summed E-state index contributed by atoms with van der Waals surface area (Å²) in [6.45, 7) is 4.56. The van der Waals surface area contributed by atoms with Gasteiger partial charge in [-0.1, -0.05) is 0 Å². The average molecular weight is 343 g/mol. The summed E-state index contributed by atoms with van der Waals surface area (Å²) in [6, 6.07) is 5.21. The number of rotatable bonds is 3. The Hall–Kier alpha value is -2.90. The van der Waals surface area contributed by atoms with Crippen molar-refractivity contribution >= 4 is 17.8 Å². The molecule has 25 heavy (non-hydrogen) atoms. The van der Waals surface area contributed by atoms with Gasteiger partial charge in [-0.3, -0.25) is 10.1 Å². The number of nitrogens with one attached hydrogen (secondary N) is 1. The maximum atomic E-state index is 12.6. The van der Waals surface area contributed by atoms with Crippen LogP contribution >= 0.6 is 0 Å². The predicted molar refractivity (Wildman–Crippen MR) is 91.8 cm³/mol. The summed E-state index contributed by atoms with van der Waals surface area (Å²) >= 11 is 0. The van der Waals surface area contributed by atoms with Gasteiger partial charge in [0.2, 0.25) is 0 Å². The molecule has 2 aromatic heterocycles. The van der Waals surface area contributed by atoms with Crippen molar-refractivity contribution in [3.05, 3.63) is 35.7 Å². The van der Waals surface area contributed by atoms with E-state index in [0.29, 0.717) is 31.0 Å². The highest BCUT2D eigenvalue weighted by Gasteiger charge is 2.28. The third-order valence-electron chi connectivity index (χ3n) is 4.24. The number of aryl methyl sites for hydroxylation is 2. The number of anilines is 1. The number of aromatic nitrogens is 3. The van der Waals surface area contributed by atoms with E-state index in [0.717, 1.165) is 11.3 Å². The van der Waals surface area contributed by atoms with Crippen molar-refractivity contribution in [2.75, 3.05) is 18.4 Å². The summed E-state index contributed by atoms with van der Waals surface area (Å²) in [5.74, 6) is -0.240. The lowest BCUT2D eigenvalue weighted by Crippen LogP contribution is -2.44. The van der Waals surface area contributed by atoms with Crippen molar-refractivity contribution < 1.29 is 14.7 Å². The number of hydrogen-bond acceptors (Lipinski definition) is 4. The molecule has 2 N–H and O–H groups in total. The Morgan fingerprint density at radius 2 is 2.12 bits per heavy atom. The minimum absolute atomic E-state index is 0.219. The third-order valence-corrected chi connectivity index (χ3v) is 4.24. The van der Waals surface area contributed by atoms with Crippen molar-refractivity contribution in [1.29, 1.82) is 0 Å². The summed E-state index contributed by atoms with van der Waals surface area (Å²) in [5, 5.41) is 16.4. The Bertz CT molecular complexity index is 801. The fraction of sp³-hybridized carbons (Fsp3) is 0.412. The van der Waals surface area contributed by atoms with E-state index in [1.165, 1.54) is 0 Å². The van der Waals surface area contributed by atoms with Gasteiger partial charge < -0.3 is 10.0 Å². The Labute approximate surface area is 145 Å². The fourth-order valence-corrected chi connectivity index (χ4v) is 2.95. The van der Waals surface area contributed by atoms with Crippen molar-refractivity contribution in [2.45, 2.75) is 26.7 Å². The molecule has 8 heteroatoms. The van der Waals surface area contributed by atoms with Crippen LogP contribution in [0.2, 0.25) is 0 Å². The number of likely N-dealkylation sites (tertiary alicyclic amines) is 1. The van der Waals surface area contributed by atoms with E-state index < -0.39 is 11.9 Å². The smallest absolute Gasteiger partial charge is 0.323 e. The number of carboxylic acids is 1. The van der Waals surface area contributed by atoms with Crippen LogP contribution in [-0.2, 0) is 4.79 Å². The number of carbonyl (C=O) groups excluding carboxylic acids is 1. The number of amides is 2. The summed E-state index contributed by atoms with van der Waals surface area (Å²) in [4.78, 5) is 29.6. The number of nitrogens with zero attached hydrogens (tertiary/aromatic N) is 4. The molecule has 0 spiro atoms. The van der Waals surface area contributed by atoms with E-state index in [1.54, 1.807) is 21.8 Å². The fourth-order valence-electron chi connectivity index (χ4n) is 2.95. The minimum atomic E-state index is -0.859. The molecule has 1 unspecified atom stereocenters. The van der Waals surface area contributed by atoms with Crippen molar-refractivity contribution in [2.24, 2.45) is 5.92 Å². The van der Waals surface area contributed by atoms with Gasteiger partial charge in [-0.15, -0.1) is 0 Å². The Morgan fingerprint density at radius 1 is 1.32 bits per heavy atom. The minimum Gasteiger partial charge on any atom is -0.481 e. The number of carbonyl (C=O) groups is 2. The lowest BCUT2D eigenvalue weighted by atomic mass is 9.99. The number of urea groups is 1. The van der Waals surface area contributed by atoms with E-state index in [-0.39, 0.29) is 12.6 Å². The van der Waals surface area contributed by atoms with Crippen LogP contribution in [0.15, 0.2) is 24.4 Å². The molecule has 0 aliphatic carbocycles. The molecule has 2 aromatic rings. The molecule has 1 fully saturated rings. The second kappa shape index (κ2) is 6.92. The first-order chi connectivity index (χ1) is 11.9. The number of piperidine rings is 1. The average Bonchev–Trinajstić information content (AvgIpc) is 2.95. The van der Waals surface area contributed by atoms with Crippen LogP contribution in [0.25, 0.3) is 5.82 Å². The first kappa shape index (κ1) is 16.9. The highest BCUT2D eigenvalue weighted by atomic mass is 16.4. The monoisotopic (exact) mass is 343 g/mol. The molecule has 132 valence electrons. The van der Waals surface area contributed by atoms with Gasteiger partial charge in [0.25, 0.3) is 0 Å². The number of carboxylic acid groups (broad SMARTS) is 1. The van der Waals surface area contributed by atoms with Gasteiger partial charge >= 0.3 is 12.0 Å². The summed E-state index contributed by atoms with van der Waals surface area (Å²) in [6.07, 6.45) is 2.97. The van der Waals surface area contributed by atoms with Crippen LogP contribution < -0.4 is 5.32 Å². The SMILES string of the molecule is Cc1ccnc(-n2nc(C)cc2NC(=O)N2CCCC(C(=O)O)C2)c1. The first-order valence-corrected chi connectivity index (χ1v) is 8.22.